The third-order valence-corrected chi connectivity index (χ3v) is 5.84. The molecule has 3 rings (SSSR count). The number of likely N-dealkylation sites (tertiary alicyclic amines) is 1. The Kier molecular flexibility index (Phi) is 6.27. The number of thiophene rings is 1. The van der Waals surface area contributed by atoms with Gasteiger partial charge in [0.2, 0.25) is 11.8 Å². The molecule has 154 valence electrons. The molecule has 8 heteroatoms. The van der Waals surface area contributed by atoms with Gasteiger partial charge in [-0.05, 0) is 45.1 Å². The Morgan fingerprint density at radius 1 is 1.18 bits per heavy atom. The standard InChI is InChI=1S/C20H29N3O4S/c1-20(2,3)27-19(26)22-10-5-9-21(11-12-22)18(25)16-7-8-17(24)23(16)14-15-6-4-13-28-15/h4,6,13,16H,5,7-12,14H2,1-3H3. The molecule has 0 spiro atoms. The van der Waals surface area contributed by atoms with E-state index in [9.17, 15) is 14.4 Å². The molecule has 0 aromatic carbocycles. The molecule has 2 aliphatic heterocycles. The van der Waals surface area contributed by atoms with Crippen LogP contribution in [0.1, 0.15) is 44.9 Å². The third-order valence-electron chi connectivity index (χ3n) is 4.98. The molecule has 0 radical (unpaired) electrons. The lowest BCUT2D eigenvalue weighted by atomic mass is 10.2. The maximum Gasteiger partial charge on any atom is 0.410 e. The molecule has 1 aromatic heterocycles. The summed E-state index contributed by atoms with van der Waals surface area (Å²) in [6.07, 6.45) is 1.35. The van der Waals surface area contributed by atoms with E-state index in [0.29, 0.717) is 52.0 Å². The smallest absolute Gasteiger partial charge is 0.410 e. The lowest BCUT2D eigenvalue weighted by Gasteiger charge is -2.30. The van der Waals surface area contributed by atoms with Crippen molar-refractivity contribution in [3.8, 4) is 0 Å². The van der Waals surface area contributed by atoms with Gasteiger partial charge < -0.3 is 19.4 Å². The van der Waals surface area contributed by atoms with Gasteiger partial charge in [0.05, 0.1) is 6.54 Å². The number of nitrogens with zero attached hydrogens (tertiary/aromatic N) is 3. The molecule has 0 N–H and O–H groups in total. The summed E-state index contributed by atoms with van der Waals surface area (Å²) in [6.45, 7) is 8.11. The first-order chi connectivity index (χ1) is 13.2. The van der Waals surface area contributed by atoms with E-state index in [2.05, 4.69) is 0 Å². The summed E-state index contributed by atoms with van der Waals surface area (Å²) < 4.78 is 5.45. The van der Waals surface area contributed by atoms with Gasteiger partial charge in [-0.2, -0.15) is 0 Å². The fourth-order valence-corrected chi connectivity index (χ4v) is 4.32. The predicted molar refractivity (Wildman–Crippen MR) is 107 cm³/mol. The van der Waals surface area contributed by atoms with E-state index in [1.165, 1.54) is 0 Å². The largest absolute Gasteiger partial charge is 0.444 e. The van der Waals surface area contributed by atoms with Crippen molar-refractivity contribution in [1.29, 1.82) is 0 Å². The van der Waals surface area contributed by atoms with Gasteiger partial charge in [-0.25, -0.2) is 4.79 Å². The van der Waals surface area contributed by atoms with E-state index < -0.39 is 11.6 Å². The van der Waals surface area contributed by atoms with Crippen molar-refractivity contribution in [3.05, 3.63) is 22.4 Å². The van der Waals surface area contributed by atoms with Crippen LogP contribution < -0.4 is 0 Å². The number of rotatable bonds is 3. The zero-order valence-corrected chi connectivity index (χ0v) is 17.7. The van der Waals surface area contributed by atoms with Gasteiger partial charge in [0.1, 0.15) is 11.6 Å². The van der Waals surface area contributed by atoms with E-state index >= 15 is 0 Å². The number of carbonyl (C=O) groups excluding carboxylic acids is 3. The lowest BCUT2D eigenvalue weighted by Crippen LogP contribution is -2.47. The van der Waals surface area contributed by atoms with Crippen LogP contribution in [0.4, 0.5) is 4.79 Å². The number of hydrogen-bond acceptors (Lipinski definition) is 5. The summed E-state index contributed by atoms with van der Waals surface area (Å²) in [5, 5.41) is 1.98. The highest BCUT2D eigenvalue weighted by atomic mass is 32.1. The van der Waals surface area contributed by atoms with Crippen LogP contribution >= 0.6 is 11.3 Å². The summed E-state index contributed by atoms with van der Waals surface area (Å²) in [6, 6.07) is 3.54. The Bertz CT molecular complexity index is 714. The van der Waals surface area contributed by atoms with E-state index in [1.807, 2.05) is 38.3 Å². The molecule has 2 aliphatic rings. The second-order valence-corrected chi connectivity index (χ2v) is 9.33. The Balaban J connectivity index is 1.61. The van der Waals surface area contributed by atoms with Crippen LogP contribution in [0.5, 0.6) is 0 Å². The van der Waals surface area contributed by atoms with Crippen molar-refractivity contribution in [2.45, 2.75) is 58.2 Å². The Morgan fingerprint density at radius 2 is 1.89 bits per heavy atom. The van der Waals surface area contributed by atoms with Gasteiger partial charge >= 0.3 is 6.09 Å². The van der Waals surface area contributed by atoms with Crippen molar-refractivity contribution < 1.29 is 19.1 Å². The average Bonchev–Trinajstić information content (AvgIpc) is 3.17. The lowest BCUT2D eigenvalue weighted by molar-refractivity contribution is -0.141. The predicted octanol–water partition coefficient (Wildman–Crippen LogP) is 2.71. The fourth-order valence-electron chi connectivity index (χ4n) is 3.62. The normalized spacial score (nSPS) is 21.0. The van der Waals surface area contributed by atoms with Gasteiger partial charge in [0.25, 0.3) is 0 Å². The van der Waals surface area contributed by atoms with E-state index in [1.54, 1.807) is 26.0 Å². The van der Waals surface area contributed by atoms with Crippen LogP contribution in [-0.4, -0.2) is 70.4 Å². The van der Waals surface area contributed by atoms with Crippen molar-refractivity contribution in [3.63, 3.8) is 0 Å². The van der Waals surface area contributed by atoms with E-state index in [0.717, 1.165) is 4.88 Å². The van der Waals surface area contributed by atoms with E-state index in [-0.39, 0.29) is 17.9 Å². The first-order valence-corrected chi connectivity index (χ1v) is 10.7. The molecule has 0 aliphatic carbocycles. The molecule has 3 heterocycles. The number of amides is 3. The molecule has 0 saturated carbocycles. The minimum absolute atomic E-state index is 0.00607. The second kappa shape index (κ2) is 8.51. The molecule has 2 fully saturated rings. The number of carbonyl (C=O) groups is 3. The Morgan fingerprint density at radius 3 is 2.57 bits per heavy atom. The van der Waals surface area contributed by atoms with Gasteiger partial charge in [0, 0.05) is 37.5 Å². The van der Waals surface area contributed by atoms with E-state index in [4.69, 9.17) is 4.74 Å². The highest BCUT2D eigenvalue weighted by Gasteiger charge is 2.39. The molecule has 1 aromatic rings. The number of ether oxygens (including phenoxy) is 1. The zero-order chi connectivity index (χ0) is 20.3. The first-order valence-electron chi connectivity index (χ1n) is 9.83. The molecule has 1 unspecified atom stereocenters. The summed E-state index contributed by atoms with van der Waals surface area (Å²) >= 11 is 1.60. The van der Waals surface area contributed by atoms with Crippen molar-refractivity contribution in [2.24, 2.45) is 0 Å². The fraction of sp³-hybridized carbons (Fsp3) is 0.650. The van der Waals surface area contributed by atoms with Crippen molar-refractivity contribution in [1.82, 2.24) is 14.7 Å². The molecule has 3 amide bonds. The summed E-state index contributed by atoms with van der Waals surface area (Å²) in [5.41, 5.74) is -0.536. The minimum atomic E-state index is -0.536. The van der Waals surface area contributed by atoms with Crippen molar-refractivity contribution in [2.75, 3.05) is 26.2 Å². The van der Waals surface area contributed by atoms with Crippen LogP contribution in [-0.2, 0) is 20.9 Å². The molecule has 1 atom stereocenters. The molecule has 0 bridgehead atoms. The SMILES string of the molecule is CC(C)(C)OC(=O)N1CCCN(C(=O)C2CCC(=O)N2Cc2cccs2)CC1. The van der Waals surface area contributed by atoms with Crippen LogP contribution in [0.25, 0.3) is 0 Å². The maximum absolute atomic E-state index is 13.1. The topological polar surface area (TPSA) is 70.2 Å². The van der Waals surface area contributed by atoms with Gasteiger partial charge in [-0.3, -0.25) is 9.59 Å². The van der Waals surface area contributed by atoms with Crippen LogP contribution in [0.15, 0.2) is 17.5 Å². The molecular weight excluding hydrogens is 378 g/mol. The molecule has 28 heavy (non-hydrogen) atoms. The third kappa shape index (κ3) is 5.04. The first kappa shape index (κ1) is 20.6. The maximum atomic E-state index is 13.1. The Labute approximate surface area is 170 Å². The average molecular weight is 408 g/mol. The highest BCUT2D eigenvalue weighted by molar-refractivity contribution is 7.09. The summed E-state index contributed by atoms with van der Waals surface area (Å²) in [5.74, 6) is 0.0328. The van der Waals surface area contributed by atoms with Gasteiger partial charge in [-0.15, -0.1) is 11.3 Å². The number of hydrogen-bond donors (Lipinski definition) is 0. The second-order valence-electron chi connectivity index (χ2n) is 8.30. The summed E-state index contributed by atoms with van der Waals surface area (Å²) in [7, 11) is 0. The van der Waals surface area contributed by atoms with Gasteiger partial charge in [0.15, 0.2) is 0 Å². The minimum Gasteiger partial charge on any atom is -0.444 e. The van der Waals surface area contributed by atoms with Crippen molar-refractivity contribution >= 4 is 29.2 Å². The van der Waals surface area contributed by atoms with Gasteiger partial charge in [-0.1, -0.05) is 6.07 Å². The zero-order valence-electron chi connectivity index (χ0n) is 16.8. The van der Waals surface area contributed by atoms with Crippen LogP contribution in [0, 0.1) is 0 Å². The molecule has 2 saturated heterocycles. The molecule has 7 nitrogen and oxygen atoms in total. The Hall–Kier alpha value is -2.09. The quantitative estimate of drug-likeness (QED) is 0.773. The van der Waals surface area contributed by atoms with Crippen LogP contribution in [0.2, 0.25) is 0 Å². The van der Waals surface area contributed by atoms with Crippen LogP contribution in [0.3, 0.4) is 0 Å². The monoisotopic (exact) mass is 407 g/mol. The summed E-state index contributed by atoms with van der Waals surface area (Å²) in [4.78, 5) is 44.1. The molecular formula is C20H29N3O4S. The highest BCUT2D eigenvalue weighted by Crippen LogP contribution is 2.25.